The normalized spacial score (nSPS) is 54.9. The summed E-state index contributed by atoms with van der Waals surface area (Å²) >= 11 is 0. The van der Waals surface area contributed by atoms with E-state index in [1.165, 1.54) is 4.90 Å². The third-order valence-electron chi connectivity index (χ3n) is 12.0. The van der Waals surface area contributed by atoms with E-state index in [0.717, 1.165) is 5.57 Å². The van der Waals surface area contributed by atoms with Gasteiger partial charge in [-0.2, -0.15) is 0 Å². The van der Waals surface area contributed by atoms with E-state index in [1.54, 1.807) is 13.0 Å². The van der Waals surface area contributed by atoms with Crippen molar-refractivity contribution in [2.45, 2.75) is 96.8 Å². The molecule has 0 unspecified atom stereocenters. The third-order valence-corrected chi connectivity index (χ3v) is 12.0. The van der Waals surface area contributed by atoms with Crippen LogP contribution in [0.25, 0.3) is 0 Å². The molecule has 10 atom stereocenters. The molecule has 3 aliphatic carbocycles. The molecular weight excluding hydrogens is 490 g/mol. The largest absolute Gasteiger partial charge is 0.430 e. The Labute approximate surface area is 221 Å². The van der Waals surface area contributed by atoms with Gasteiger partial charge in [0.1, 0.15) is 5.78 Å². The van der Waals surface area contributed by atoms with Gasteiger partial charge in [0.15, 0.2) is 11.5 Å². The lowest BCUT2D eigenvalue weighted by atomic mass is 9.33. The lowest BCUT2D eigenvalue weighted by Gasteiger charge is -2.74. The maximum absolute atomic E-state index is 15.3. The summed E-state index contributed by atoms with van der Waals surface area (Å²) in [7, 11) is 0. The Morgan fingerprint density at radius 1 is 1.03 bits per heavy atom. The molecule has 4 saturated heterocycles. The molecule has 1 N–H and O–H groups in total. The molecule has 204 valence electrons. The number of ketones is 3. The van der Waals surface area contributed by atoms with Crippen LogP contribution >= 0.6 is 0 Å². The van der Waals surface area contributed by atoms with E-state index < -0.39 is 68.9 Å². The number of aliphatic hydroxyl groups is 1. The molecule has 9 heteroatoms. The third kappa shape index (κ3) is 2.30. The van der Waals surface area contributed by atoms with E-state index in [4.69, 9.17) is 9.47 Å². The summed E-state index contributed by atoms with van der Waals surface area (Å²) in [4.78, 5) is 71.4. The van der Waals surface area contributed by atoms with Gasteiger partial charge < -0.3 is 14.6 Å². The van der Waals surface area contributed by atoms with Gasteiger partial charge in [0.2, 0.25) is 11.6 Å². The number of allylic oxidation sites excluding steroid dienone is 2. The van der Waals surface area contributed by atoms with Crippen molar-refractivity contribution in [2.75, 3.05) is 0 Å². The molecule has 0 aromatic rings. The topological polar surface area (TPSA) is 127 Å². The van der Waals surface area contributed by atoms with Crippen LogP contribution in [-0.2, 0) is 33.4 Å². The van der Waals surface area contributed by atoms with Crippen molar-refractivity contribution >= 4 is 29.2 Å². The minimum Gasteiger partial charge on any atom is -0.430 e. The number of hydrogen-bond acceptors (Lipinski definition) is 8. The van der Waals surface area contributed by atoms with Crippen molar-refractivity contribution in [3.63, 3.8) is 0 Å². The lowest BCUT2D eigenvalue weighted by Crippen LogP contribution is -2.87. The van der Waals surface area contributed by atoms with Gasteiger partial charge in [0, 0.05) is 40.9 Å². The molecule has 9 nitrogen and oxygen atoms in total. The van der Waals surface area contributed by atoms with Crippen molar-refractivity contribution < 1.29 is 38.6 Å². The van der Waals surface area contributed by atoms with Gasteiger partial charge in [-0.3, -0.25) is 28.9 Å². The number of esters is 1. The molecule has 0 aromatic carbocycles. The highest BCUT2D eigenvalue weighted by Crippen LogP contribution is 2.76. The zero-order valence-electron chi connectivity index (χ0n) is 22.6. The number of Topliss-reactive ketones (excluding diaryl/α,β-unsaturated/α-hetero) is 2. The first kappa shape index (κ1) is 24.6. The van der Waals surface area contributed by atoms with Crippen LogP contribution in [-0.4, -0.2) is 56.5 Å². The first-order valence-corrected chi connectivity index (χ1v) is 13.9. The number of rotatable bonds is 0. The van der Waals surface area contributed by atoms with Crippen LogP contribution in [0.2, 0.25) is 0 Å². The predicted molar refractivity (Wildman–Crippen MR) is 129 cm³/mol. The highest BCUT2D eigenvalue weighted by molar-refractivity contribution is 6.08. The van der Waals surface area contributed by atoms with Crippen LogP contribution in [0.3, 0.4) is 0 Å². The molecule has 0 aromatic heterocycles. The summed E-state index contributed by atoms with van der Waals surface area (Å²) in [6, 6.07) is 0. The second-order valence-corrected chi connectivity index (χ2v) is 14.1. The Bertz CT molecular complexity index is 1310. The second-order valence-electron chi connectivity index (χ2n) is 14.1. The monoisotopic (exact) mass is 525 g/mol. The van der Waals surface area contributed by atoms with Gasteiger partial charge in [-0.05, 0) is 50.5 Å². The number of amides is 1. The Morgan fingerprint density at radius 3 is 2.45 bits per heavy atom. The number of carbonyl (C=O) groups is 5. The molecule has 7 aliphatic rings. The standard InChI is InChI=1S/C29H35NO8/c1-14-8-17-16(18(31)9-14)10-19(32)21-24(3)13-20(33)37-29(22(34)26(17,21)5)25(24,4)6-7-27-11-15(2)12-28(36,38-27)23(35)30(27)29/h9,15-17,21,36H,6-8,10-13H2,1-5H3/t15-,16+,17-,21-,24+,25+,26+,27+,28-,29-/m1/s1. The Balaban J connectivity index is 1.52. The summed E-state index contributed by atoms with van der Waals surface area (Å²) in [6.45, 7) is 9.30. The minimum atomic E-state index is -2.11. The molecule has 38 heavy (non-hydrogen) atoms. The van der Waals surface area contributed by atoms with Gasteiger partial charge in [0.25, 0.3) is 11.6 Å². The summed E-state index contributed by atoms with van der Waals surface area (Å²) in [6.07, 6.45) is 3.22. The van der Waals surface area contributed by atoms with Crippen LogP contribution in [0.4, 0.5) is 0 Å². The maximum atomic E-state index is 15.3. The van der Waals surface area contributed by atoms with E-state index >= 15 is 4.79 Å². The van der Waals surface area contributed by atoms with Crippen molar-refractivity contribution in [3.8, 4) is 0 Å². The van der Waals surface area contributed by atoms with E-state index in [0.29, 0.717) is 25.7 Å². The molecule has 1 amide bonds. The Morgan fingerprint density at radius 2 is 1.74 bits per heavy atom. The van der Waals surface area contributed by atoms with E-state index in [9.17, 15) is 24.3 Å². The van der Waals surface area contributed by atoms with E-state index in [1.807, 2.05) is 27.7 Å². The molecule has 4 heterocycles. The van der Waals surface area contributed by atoms with E-state index in [2.05, 4.69) is 0 Å². The molecule has 4 aliphatic heterocycles. The summed E-state index contributed by atoms with van der Waals surface area (Å²) in [5.74, 6) is -6.32. The van der Waals surface area contributed by atoms with Crippen LogP contribution in [0.5, 0.6) is 0 Å². The molecule has 2 saturated carbocycles. The molecule has 1 spiro atoms. The molecular formula is C29H35NO8. The smallest absolute Gasteiger partial charge is 0.308 e. The fourth-order valence-electron chi connectivity index (χ4n) is 10.6. The lowest BCUT2D eigenvalue weighted by molar-refractivity contribution is -0.356. The fraction of sp³-hybridized carbons (Fsp3) is 0.759. The zero-order valence-corrected chi connectivity index (χ0v) is 22.6. The highest BCUT2D eigenvalue weighted by Gasteiger charge is 2.88. The van der Waals surface area contributed by atoms with E-state index in [-0.39, 0.29) is 36.7 Å². The Hall–Kier alpha value is -2.39. The summed E-state index contributed by atoms with van der Waals surface area (Å²) in [5, 5.41) is 11.4. The fourth-order valence-corrected chi connectivity index (χ4v) is 10.6. The Kier molecular flexibility index (Phi) is 4.32. The number of carbonyl (C=O) groups excluding carboxylic acids is 5. The van der Waals surface area contributed by atoms with Crippen LogP contribution < -0.4 is 0 Å². The summed E-state index contributed by atoms with van der Waals surface area (Å²) < 4.78 is 12.3. The van der Waals surface area contributed by atoms with Crippen LogP contribution in [0.15, 0.2) is 11.6 Å². The minimum absolute atomic E-state index is 0.0431. The average molecular weight is 526 g/mol. The van der Waals surface area contributed by atoms with Gasteiger partial charge in [-0.1, -0.05) is 33.3 Å². The first-order chi connectivity index (χ1) is 17.6. The molecule has 0 radical (unpaired) electrons. The second kappa shape index (κ2) is 6.66. The van der Waals surface area contributed by atoms with Gasteiger partial charge >= 0.3 is 5.97 Å². The van der Waals surface area contributed by atoms with Crippen molar-refractivity contribution in [1.82, 2.24) is 4.90 Å². The number of ether oxygens (including phenoxy) is 2. The highest BCUT2D eigenvalue weighted by atomic mass is 16.7. The number of hydrogen-bond donors (Lipinski definition) is 1. The quantitative estimate of drug-likeness (QED) is 0.478. The van der Waals surface area contributed by atoms with Gasteiger partial charge in [-0.15, -0.1) is 0 Å². The first-order valence-electron chi connectivity index (χ1n) is 13.9. The van der Waals surface area contributed by atoms with Crippen molar-refractivity contribution in [2.24, 2.45) is 39.9 Å². The van der Waals surface area contributed by atoms with Crippen molar-refractivity contribution in [1.29, 1.82) is 0 Å². The number of fused-ring (bicyclic) bond motifs is 5. The summed E-state index contributed by atoms with van der Waals surface area (Å²) in [5.41, 5.74) is -5.97. The molecule has 4 bridgehead atoms. The van der Waals surface area contributed by atoms with Crippen molar-refractivity contribution in [3.05, 3.63) is 11.6 Å². The number of piperidine rings is 1. The van der Waals surface area contributed by atoms with Crippen LogP contribution in [0.1, 0.15) is 79.6 Å². The molecule has 6 fully saturated rings. The van der Waals surface area contributed by atoms with Crippen LogP contribution in [0, 0.1) is 39.9 Å². The average Bonchev–Trinajstić information content (AvgIpc) is 2.96. The predicted octanol–water partition coefficient (Wildman–Crippen LogP) is 2.44. The van der Waals surface area contributed by atoms with Gasteiger partial charge in [0.05, 0.1) is 6.42 Å². The maximum Gasteiger partial charge on any atom is 0.308 e. The molecule has 7 rings (SSSR count). The number of nitrogens with zero attached hydrogens (tertiary/aromatic N) is 1. The van der Waals surface area contributed by atoms with Gasteiger partial charge in [-0.25, -0.2) is 0 Å². The SMILES string of the molecule is CC1=CC(=O)[C@H]2CC(=O)[C@H]3[C@@](C)(C(=O)[C@@]45OC(=O)C[C@]3(C)[C@]4(C)CC[C@@]34C[C@@H](C)C[C@@](O)(O3)C(=O)N45)[C@@H]2C1. The zero-order chi connectivity index (χ0) is 27.4.